The van der Waals surface area contributed by atoms with Crippen LogP contribution in [0.15, 0.2) is 12.1 Å². The van der Waals surface area contributed by atoms with Gasteiger partial charge in [-0.05, 0) is 18.6 Å². The number of ether oxygens (including phenoxy) is 1. The number of carbonyl (C=O) groups is 1. The summed E-state index contributed by atoms with van der Waals surface area (Å²) < 4.78 is 6.49. The molecule has 0 spiro atoms. The monoisotopic (exact) mass is 245 g/mol. The zero-order valence-corrected chi connectivity index (χ0v) is 9.30. The van der Waals surface area contributed by atoms with Crippen LogP contribution in [0.1, 0.15) is 16.2 Å². The molecule has 72 valence electrons. The molecule has 0 N–H and O–H groups in total. The first kappa shape index (κ1) is 10.3. The molecule has 0 unspecified atom stereocenters. The van der Waals surface area contributed by atoms with Crippen LogP contribution in [0, 0.1) is 0 Å². The van der Waals surface area contributed by atoms with Gasteiger partial charge in [-0.1, -0.05) is 15.9 Å². The first-order chi connectivity index (χ1) is 6.20. The van der Waals surface area contributed by atoms with Crippen LogP contribution in [0.25, 0.3) is 0 Å². The highest BCUT2D eigenvalue weighted by Crippen LogP contribution is 2.09. The SMILES string of the molecule is COC(=O)c1ccc(CCBr)n1C. The zero-order valence-electron chi connectivity index (χ0n) is 7.71. The van der Waals surface area contributed by atoms with Crippen LogP contribution in [0.4, 0.5) is 0 Å². The third-order valence-electron chi connectivity index (χ3n) is 1.97. The van der Waals surface area contributed by atoms with Gasteiger partial charge in [-0.15, -0.1) is 0 Å². The van der Waals surface area contributed by atoms with E-state index >= 15 is 0 Å². The molecule has 4 heteroatoms. The fraction of sp³-hybridized carbons (Fsp3) is 0.444. The molecule has 0 amide bonds. The van der Waals surface area contributed by atoms with Crippen molar-refractivity contribution < 1.29 is 9.53 Å². The minimum absolute atomic E-state index is 0.289. The van der Waals surface area contributed by atoms with Crippen molar-refractivity contribution in [3.63, 3.8) is 0 Å². The van der Waals surface area contributed by atoms with Gasteiger partial charge in [0.25, 0.3) is 0 Å². The largest absolute Gasteiger partial charge is 0.464 e. The van der Waals surface area contributed by atoms with E-state index in [-0.39, 0.29) is 5.97 Å². The summed E-state index contributed by atoms with van der Waals surface area (Å²) in [6.07, 6.45) is 0.910. The van der Waals surface area contributed by atoms with Gasteiger partial charge < -0.3 is 9.30 Å². The molecule has 1 aromatic rings. The molecule has 13 heavy (non-hydrogen) atoms. The van der Waals surface area contributed by atoms with Crippen molar-refractivity contribution in [2.45, 2.75) is 6.42 Å². The Labute approximate surface area is 85.8 Å². The second-order valence-corrected chi connectivity index (χ2v) is 3.49. The number of aryl methyl sites for hydroxylation is 1. The Kier molecular flexibility index (Phi) is 3.54. The summed E-state index contributed by atoms with van der Waals surface area (Å²) in [6, 6.07) is 3.72. The lowest BCUT2D eigenvalue weighted by Crippen LogP contribution is -2.09. The Balaban J connectivity index is 2.92. The molecule has 0 atom stereocenters. The molecule has 0 radical (unpaired) electrons. The number of hydrogen-bond donors (Lipinski definition) is 0. The summed E-state index contributed by atoms with van der Waals surface area (Å²) in [7, 11) is 3.25. The van der Waals surface area contributed by atoms with Gasteiger partial charge in [-0.3, -0.25) is 0 Å². The van der Waals surface area contributed by atoms with Gasteiger partial charge in [0.05, 0.1) is 7.11 Å². The molecule has 0 bridgehead atoms. The number of methoxy groups -OCH3 is 1. The predicted octanol–water partition coefficient (Wildman–Crippen LogP) is 1.75. The van der Waals surface area contributed by atoms with E-state index in [1.165, 1.54) is 7.11 Å². The van der Waals surface area contributed by atoms with E-state index in [0.717, 1.165) is 17.4 Å². The summed E-state index contributed by atoms with van der Waals surface area (Å²) in [5, 5.41) is 0.894. The zero-order chi connectivity index (χ0) is 9.84. The summed E-state index contributed by atoms with van der Waals surface area (Å²) >= 11 is 3.35. The van der Waals surface area contributed by atoms with Gasteiger partial charge in [0.2, 0.25) is 0 Å². The minimum Gasteiger partial charge on any atom is -0.464 e. The standard InChI is InChI=1S/C9H12BrNO2/c1-11-7(5-6-10)3-4-8(11)9(12)13-2/h3-4H,5-6H2,1-2H3. The van der Waals surface area contributed by atoms with Gasteiger partial charge in [0.15, 0.2) is 0 Å². The molecule has 1 heterocycles. The van der Waals surface area contributed by atoms with Crippen LogP contribution >= 0.6 is 15.9 Å². The van der Waals surface area contributed by atoms with Crippen LogP contribution in [-0.4, -0.2) is 23.0 Å². The van der Waals surface area contributed by atoms with Crippen molar-refractivity contribution in [2.75, 3.05) is 12.4 Å². The fourth-order valence-electron chi connectivity index (χ4n) is 1.21. The highest BCUT2D eigenvalue weighted by Gasteiger charge is 2.11. The van der Waals surface area contributed by atoms with Crippen molar-refractivity contribution in [1.29, 1.82) is 0 Å². The number of aromatic nitrogens is 1. The van der Waals surface area contributed by atoms with E-state index < -0.39 is 0 Å². The third-order valence-corrected chi connectivity index (χ3v) is 2.37. The van der Waals surface area contributed by atoms with E-state index in [2.05, 4.69) is 20.7 Å². The normalized spacial score (nSPS) is 10.1. The molecule has 0 aliphatic heterocycles. The molecular weight excluding hydrogens is 234 g/mol. The first-order valence-electron chi connectivity index (χ1n) is 3.99. The number of rotatable bonds is 3. The van der Waals surface area contributed by atoms with Crippen LogP contribution in [0.3, 0.4) is 0 Å². The molecule has 1 aromatic heterocycles. The molecule has 0 aromatic carbocycles. The lowest BCUT2D eigenvalue weighted by molar-refractivity contribution is 0.0589. The topological polar surface area (TPSA) is 31.2 Å². The van der Waals surface area contributed by atoms with Crippen LogP contribution in [0.5, 0.6) is 0 Å². The second kappa shape index (κ2) is 4.46. The molecular formula is C9H12BrNO2. The number of carbonyl (C=O) groups excluding carboxylic acids is 1. The summed E-state index contributed by atoms with van der Waals surface area (Å²) in [6.45, 7) is 0. The smallest absolute Gasteiger partial charge is 0.354 e. The Morgan fingerprint density at radius 3 is 2.85 bits per heavy atom. The quantitative estimate of drug-likeness (QED) is 0.601. The predicted molar refractivity (Wildman–Crippen MR) is 54.3 cm³/mol. The van der Waals surface area contributed by atoms with Gasteiger partial charge in [-0.25, -0.2) is 4.79 Å². The van der Waals surface area contributed by atoms with E-state index in [1.807, 2.05) is 17.7 Å². The summed E-state index contributed by atoms with van der Waals surface area (Å²) in [4.78, 5) is 11.2. The average Bonchev–Trinajstić information content (AvgIpc) is 2.48. The van der Waals surface area contributed by atoms with Crippen LogP contribution in [0.2, 0.25) is 0 Å². The first-order valence-corrected chi connectivity index (χ1v) is 5.11. The molecule has 3 nitrogen and oxygen atoms in total. The van der Waals surface area contributed by atoms with Gasteiger partial charge in [0, 0.05) is 18.1 Å². The van der Waals surface area contributed by atoms with Gasteiger partial charge >= 0.3 is 5.97 Å². The number of nitrogens with zero attached hydrogens (tertiary/aromatic N) is 1. The maximum absolute atomic E-state index is 11.2. The van der Waals surface area contributed by atoms with Crippen molar-refractivity contribution in [3.8, 4) is 0 Å². The number of alkyl halides is 1. The fourth-order valence-corrected chi connectivity index (χ4v) is 1.62. The van der Waals surface area contributed by atoms with E-state index in [1.54, 1.807) is 6.07 Å². The molecule has 0 aliphatic carbocycles. The van der Waals surface area contributed by atoms with Gasteiger partial charge in [-0.2, -0.15) is 0 Å². The van der Waals surface area contributed by atoms with Crippen LogP contribution < -0.4 is 0 Å². The Hall–Kier alpha value is -0.770. The lowest BCUT2D eigenvalue weighted by atomic mass is 10.3. The maximum Gasteiger partial charge on any atom is 0.354 e. The second-order valence-electron chi connectivity index (χ2n) is 2.70. The molecule has 1 rings (SSSR count). The van der Waals surface area contributed by atoms with Crippen molar-refractivity contribution in [2.24, 2.45) is 7.05 Å². The Bertz CT molecular complexity index is 307. The number of esters is 1. The van der Waals surface area contributed by atoms with Crippen molar-refractivity contribution >= 4 is 21.9 Å². The third kappa shape index (κ3) is 2.12. The van der Waals surface area contributed by atoms with Crippen molar-refractivity contribution in [1.82, 2.24) is 4.57 Å². The summed E-state index contributed by atoms with van der Waals surface area (Å²) in [5.41, 5.74) is 1.72. The average molecular weight is 246 g/mol. The maximum atomic E-state index is 11.2. The highest BCUT2D eigenvalue weighted by molar-refractivity contribution is 9.09. The van der Waals surface area contributed by atoms with Gasteiger partial charge in [0.1, 0.15) is 5.69 Å². The molecule has 0 aliphatic rings. The Morgan fingerprint density at radius 2 is 2.31 bits per heavy atom. The van der Waals surface area contributed by atoms with Crippen molar-refractivity contribution in [3.05, 3.63) is 23.5 Å². The molecule has 0 saturated heterocycles. The number of halogens is 1. The Morgan fingerprint density at radius 1 is 1.62 bits per heavy atom. The summed E-state index contributed by atoms with van der Waals surface area (Å²) in [5.74, 6) is -0.289. The van der Waals surface area contributed by atoms with E-state index in [4.69, 9.17) is 0 Å². The van der Waals surface area contributed by atoms with Crippen LogP contribution in [-0.2, 0) is 18.2 Å². The molecule has 0 saturated carbocycles. The lowest BCUT2D eigenvalue weighted by Gasteiger charge is -2.04. The van der Waals surface area contributed by atoms with E-state index in [0.29, 0.717) is 5.69 Å². The minimum atomic E-state index is -0.289. The molecule has 0 fully saturated rings. The number of hydrogen-bond acceptors (Lipinski definition) is 2. The highest BCUT2D eigenvalue weighted by atomic mass is 79.9. The van der Waals surface area contributed by atoms with E-state index in [9.17, 15) is 4.79 Å².